The van der Waals surface area contributed by atoms with Gasteiger partial charge in [-0.3, -0.25) is 4.79 Å². The highest BCUT2D eigenvalue weighted by atomic mass is 19.4. The van der Waals surface area contributed by atoms with E-state index >= 15 is 0 Å². The van der Waals surface area contributed by atoms with Gasteiger partial charge in [-0.15, -0.1) is 0 Å². The quantitative estimate of drug-likeness (QED) is 0.769. The maximum absolute atomic E-state index is 13.8. The predicted molar refractivity (Wildman–Crippen MR) is 103 cm³/mol. The molecule has 7 nitrogen and oxygen atoms in total. The van der Waals surface area contributed by atoms with Gasteiger partial charge in [-0.05, 0) is 30.5 Å². The van der Waals surface area contributed by atoms with Crippen molar-refractivity contribution < 1.29 is 27.4 Å². The van der Waals surface area contributed by atoms with Gasteiger partial charge in [0.15, 0.2) is 11.7 Å². The molecule has 3 atom stereocenters. The molecule has 4 rings (SSSR count). The molecule has 0 unspecified atom stereocenters. The third-order valence-electron chi connectivity index (χ3n) is 5.43. The topological polar surface area (TPSA) is 77.4 Å². The Labute approximate surface area is 171 Å². The van der Waals surface area contributed by atoms with Crippen LogP contribution in [0.2, 0.25) is 0 Å². The van der Waals surface area contributed by atoms with E-state index in [2.05, 4.69) is 15.7 Å². The lowest BCUT2D eigenvalue weighted by Gasteiger charge is -2.33. The number of aromatic nitrogens is 2. The van der Waals surface area contributed by atoms with Gasteiger partial charge in [0.1, 0.15) is 11.6 Å². The van der Waals surface area contributed by atoms with E-state index in [1.807, 2.05) is 0 Å². The molecular formula is C20H23F3N4O3. The molecule has 0 spiro atoms. The first-order valence-electron chi connectivity index (χ1n) is 9.81. The Kier molecular flexibility index (Phi) is 5.59. The maximum atomic E-state index is 13.8. The summed E-state index contributed by atoms with van der Waals surface area (Å²) in [6.07, 6.45) is -3.04. The average molecular weight is 424 g/mol. The van der Waals surface area contributed by atoms with Crippen molar-refractivity contribution in [1.29, 1.82) is 0 Å². The molecule has 0 saturated carbocycles. The smallest absolute Gasteiger partial charge is 0.410 e. The normalized spacial score (nSPS) is 23.5. The second-order valence-electron chi connectivity index (χ2n) is 7.47. The van der Waals surface area contributed by atoms with Crippen molar-refractivity contribution in [2.24, 2.45) is 0 Å². The molecule has 3 heterocycles. The number of amides is 1. The van der Waals surface area contributed by atoms with E-state index < -0.39 is 24.2 Å². The molecule has 2 N–H and O–H groups in total. The summed E-state index contributed by atoms with van der Waals surface area (Å²) >= 11 is 0. The number of halogens is 3. The zero-order valence-corrected chi connectivity index (χ0v) is 16.4. The number of carbonyl (C=O) groups is 1. The number of rotatable bonds is 5. The van der Waals surface area contributed by atoms with Crippen LogP contribution in [0.5, 0.6) is 5.75 Å². The molecule has 30 heavy (non-hydrogen) atoms. The Hall–Kier alpha value is -2.75. The van der Waals surface area contributed by atoms with Crippen LogP contribution in [-0.4, -0.2) is 48.2 Å². The van der Waals surface area contributed by atoms with Gasteiger partial charge in [-0.2, -0.15) is 18.3 Å². The SMILES string of the molecule is COc1cccc([C@@H]2C[C@H](C(F)(F)F)n3nc(C(=O)NC[C@@H]4CCCO4)cc3N2)c1. The summed E-state index contributed by atoms with van der Waals surface area (Å²) in [4.78, 5) is 12.4. The summed E-state index contributed by atoms with van der Waals surface area (Å²) in [5.41, 5.74) is 0.608. The fourth-order valence-corrected chi connectivity index (χ4v) is 3.86. The molecule has 1 amide bonds. The maximum Gasteiger partial charge on any atom is 0.410 e. The number of ether oxygens (including phenoxy) is 2. The molecule has 0 bridgehead atoms. The molecule has 0 radical (unpaired) electrons. The van der Waals surface area contributed by atoms with Gasteiger partial charge in [-0.1, -0.05) is 12.1 Å². The number of benzene rings is 1. The van der Waals surface area contributed by atoms with E-state index in [1.54, 1.807) is 24.3 Å². The number of nitrogens with zero attached hydrogens (tertiary/aromatic N) is 2. The number of fused-ring (bicyclic) bond motifs is 1. The lowest BCUT2D eigenvalue weighted by molar-refractivity contribution is -0.173. The van der Waals surface area contributed by atoms with Crippen molar-refractivity contribution >= 4 is 11.7 Å². The third-order valence-corrected chi connectivity index (χ3v) is 5.43. The zero-order valence-electron chi connectivity index (χ0n) is 16.4. The Morgan fingerprint density at radius 3 is 2.93 bits per heavy atom. The number of hydrogen-bond donors (Lipinski definition) is 2. The molecule has 10 heteroatoms. The minimum atomic E-state index is -4.51. The van der Waals surface area contributed by atoms with Crippen molar-refractivity contribution in [3.63, 3.8) is 0 Å². The standard InChI is InChI=1S/C20H23F3N4O3/c1-29-13-5-2-4-12(8-13)15-9-17(20(21,22)23)27-18(25-15)10-16(26-27)19(28)24-11-14-6-3-7-30-14/h2,4-5,8,10,14-15,17,25H,3,6-7,9,11H2,1H3,(H,24,28)/t14-,15-,17+/m0/s1. The zero-order chi connectivity index (χ0) is 21.3. The van der Waals surface area contributed by atoms with Gasteiger partial charge in [-0.25, -0.2) is 4.68 Å². The Bertz CT molecular complexity index is 909. The Morgan fingerprint density at radius 2 is 2.23 bits per heavy atom. The molecule has 162 valence electrons. The van der Waals surface area contributed by atoms with Crippen molar-refractivity contribution in [3.05, 3.63) is 41.6 Å². The number of nitrogens with one attached hydrogen (secondary N) is 2. The van der Waals surface area contributed by atoms with Gasteiger partial charge < -0.3 is 20.1 Å². The van der Waals surface area contributed by atoms with E-state index in [9.17, 15) is 18.0 Å². The van der Waals surface area contributed by atoms with E-state index in [1.165, 1.54) is 13.2 Å². The van der Waals surface area contributed by atoms with Crippen molar-refractivity contribution in [2.75, 3.05) is 25.6 Å². The lowest BCUT2D eigenvalue weighted by atomic mass is 9.97. The second kappa shape index (κ2) is 8.17. The Balaban J connectivity index is 1.57. The number of anilines is 1. The minimum absolute atomic E-state index is 0.0592. The molecule has 2 aromatic rings. The molecule has 2 aliphatic rings. The third kappa shape index (κ3) is 4.23. The van der Waals surface area contributed by atoms with Gasteiger partial charge in [0.25, 0.3) is 5.91 Å². The van der Waals surface area contributed by atoms with E-state index in [-0.39, 0.29) is 24.0 Å². The van der Waals surface area contributed by atoms with Crippen LogP contribution in [0.1, 0.15) is 47.4 Å². The van der Waals surface area contributed by atoms with Crippen LogP contribution in [0.15, 0.2) is 30.3 Å². The molecule has 1 fully saturated rings. The first-order valence-corrected chi connectivity index (χ1v) is 9.81. The summed E-state index contributed by atoms with van der Waals surface area (Å²) in [6, 6.07) is 5.82. The monoisotopic (exact) mass is 424 g/mol. The predicted octanol–water partition coefficient (Wildman–Crippen LogP) is 3.46. The first-order chi connectivity index (χ1) is 14.3. The van der Waals surface area contributed by atoms with Crippen molar-refractivity contribution in [3.8, 4) is 5.75 Å². The summed E-state index contributed by atoms with van der Waals surface area (Å²) in [6.45, 7) is 0.964. The number of alkyl halides is 3. The van der Waals surface area contributed by atoms with Crippen LogP contribution in [-0.2, 0) is 4.74 Å². The largest absolute Gasteiger partial charge is 0.497 e. The molecule has 1 aromatic heterocycles. The molecule has 1 saturated heterocycles. The highest BCUT2D eigenvalue weighted by molar-refractivity contribution is 5.93. The summed E-state index contributed by atoms with van der Waals surface area (Å²) in [7, 11) is 1.50. The van der Waals surface area contributed by atoms with Crippen LogP contribution in [0.4, 0.5) is 19.0 Å². The summed E-state index contributed by atoms with van der Waals surface area (Å²) in [5, 5.41) is 9.74. The van der Waals surface area contributed by atoms with Crippen molar-refractivity contribution in [1.82, 2.24) is 15.1 Å². The highest BCUT2D eigenvalue weighted by Gasteiger charge is 2.46. The fourth-order valence-electron chi connectivity index (χ4n) is 3.86. The first kappa shape index (κ1) is 20.5. The number of carbonyl (C=O) groups excluding carboxylic acids is 1. The van der Waals surface area contributed by atoms with E-state index in [0.717, 1.165) is 17.5 Å². The van der Waals surface area contributed by atoms with Gasteiger partial charge in [0.05, 0.1) is 19.3 Å². The van der Waals surface area contributed by atoms with Crippen LogP contribution < -0.4 is 15.4 Å². The van der Waals surface area contributed by atoms with Crippen LogP contribution in [0, 0.1) is 0 Å². The van der Waals surface area contributed by atoms with E-state index in [0.29, 0.717) is 24.5 Å². The second-order valence-corrected chi connectivity index (χ2v) is 7.47. The molecular weight excluding hydrogens is 401 g/mol. The lowest BCUT2D eigenvalue weighted by Crippen LogP contribution is -2.36. The van der Waals surface area contributed by atoms with Crippen molar-refractivity contribution in [2.45, 2.75) is 43.6 Å². The number of methoxy groups -OCH3 is 1. The van der Waals surface area contributed by atoms with Gasteiger partial charge >= 0.3 is 6.18 Å². The highest BCUT2D eigenvalue weighted by Crippen LogP contribution is 2.43. The summed E-state index contributed by atoms with van der Waals surface area (Å²) < 4.78 is 52.9. The number of hydrogen-bond acceptors (Lipinski definition) is 5. The summed E-state index contributed by atoms with van der Waals surface area (Å²) in [5.74, 6) is 0.192. The van der Waals surface area contributed by atoms with Crippen LogP contribution in [0.25, 0.3) is 0 Å². The van der Waals surface area contributed by atoms with Crippen LogP contribution in [0.3, 0.4) is 0 Å². The molecule has 0 aliphatic carbocycles. The van der Waals surface area contributed by atoms with Gasteiger partial charge in [0.2, 0.25) is 0 Å². The fraction of sp³-hybridized carbons (Fsp3) is 0.500. The molecule has 2 aliphatic heterocycles. The van der Waals surface area contributed by atoms with Gasteiger partial charge in [0, 0.05) is 25.6 Å². The minimum Gasteiger partial charge on any atom is -0.497 e. The van der Waals surface area contributed by atoms with Crippen LogP contribution >= 0.6 is 0 Å². The molecule has 1 aromatic carbocycles. The van der Waals surface area contributed by atoms with E-state index in [4.69, 9.17) is 9.47 Å². The Morgan fingerprint density at radius 1 is 1.40 bits per heavy atom. The average Bonchev–Trinajstić information content (AvgIpc) is 3.40.